The third-order valence-corrected chi connectivity index (χ3v) is 2.30. The van der Waals surface area contributed by atoms with Gasteiger partial charge >= 0.3 is 5.97 Å². The molecule has 80 valence electrons. The van der Waals surface area contributed by atoms with E-state index in [1.165, 1.54) is 7.11 Å². The third-order valence-electron chi connectivity index (χ3n) is 2.30. The topological polar surface area (TPSA) is 67.4 Å². The SMILES string of the molecule is COC(=O)CNC(=O)[C@H]1CCCNC1. The molecule has 1 rings (SSSR count). The molecule has 1 atom stereocenters. The number of esters is 1. The predicted octanol–water partition coefficient (Wildman–Crippen LogP) is -0.725. The van der Waals surface area contributed by atoms with Crippen molar-refractivity contribution >= 4 is 11.9 Å². The highest BCUT2D eigenvalue weighted by atomic mass is 16.5. The number of rotatable bonds is 3. The minimum absolute atomic E-state index is 0.00611. The van der Waals surface area contributed by atoms with Gasteiger partial charge in [0.1, 0.15) is 6.54 Å². The molecule has 5 heteroatoms. The summed E-state index contributed by atoms with van der Waals surface area (Å²) in [4.78, 5) is 22.2. The lowest BCUT2D eigenvalue weighted by atomic mass is 9.99. The molecule has 2 N–H and O–H groups in total. The van der Waals surface area contributed by atoms with Gasteiger partial charge in [0, 0.05) is 6.54 Å². The van der Waals surface area contributed by atoms with Crippen molar-refractivity contribution in [1.82, 2.24) is 10.6 Å². The summed E-state index contributed by atoms with van der Waals surface area (Å²) < 4.78 is 4.42. The van der Waals surface area contributed by atoms with Gasteiger partial charge in [0.15, 0.2) is 0 Å². The fourth-order valence-electron chi connectivity index (χ4n) is 1.45. The van der Waals surface area contributed by atoms with Crippen molar-refractivity contribution in [3.8, 4) is 0 Å². The van der Waals surface area contributed by atoms with Gasteiger partial charge in [0.2, 0.25) is 5.91 Å². The largest absolute Gasteiger partial charge is 0.468 e. The maximum atomic E-state index is 11.5. The smallest absolute Gasteiger partial charge is 0.325 e. The van der Waals surface area contributed by atoms with E-state index in [1.807, 2.05) is 0 Å². The molecular weight excluding hydrogens is 184 g/mol. The summed E-state index contributed by atoms with van der Waals surface area (Å²) in [5.41, 5.74) is 0. The highest BCUT2D eigenvalue weighted by Crippen LogP contribution is 2.09. The van der Waals surface area contributed by atoms with E-state index in [9.17, 15) is 9.59 Å². The summed E-state index contributed by atoms with van der Waals surface area (Å²) in [6.45, 7) is 1.64. The number of hydrogen-bond donors (Lipinski definition) is 2. The molecule has 1 heterocycles. The number of hydrogen-bond acceptors (Lipinski definition) is 4. The standard InChI is InChI=1S/C9H16N2O3/c1-14-8(12)6-11-9(13)7-3-2-4-10-5-7/h7,10H,2-6H2,1H3,(H,11,13)/t7-/m0/s1. The van der Waals surface area contributed by atoms with Crippen molar-refractivity contribution in [2.75, 3.05) is 26.7 Å². The van der Waals surface area contributed by atoms with Crippen LogP contribution in [0.3, 0.4) is 0 Å². The zero-order valence-corrected chi connectivity index (χ0v) is 8.34. The zero-order valence-electron chi connectivity index (χ0n) is 8.34. The van der Waals surface area contributed by atoms with E-state index < -0.39 is 5.97 Å². The van der Waals surface area contributed by atoms with E-state index in [0.717, 1.165) is 19.4 Å². The normalized spacial score (nSPS) is 21.4. The van der Waals surface area contributed by atoms with Gasteiger partial charge in [-0.2, -0.15) is 0 Å². The molecule has 0 aliphatic carbocycles. The van der Waals surface area contributed by atoms with Gasteiger partial charge in [-0.1, -0.05) is 0 Å². The molecule has 5 nitrogen and oxygen atoms in total. The van der Waals surface area contributed by atoms with Gasteiger partial charge < -0.3 is 15.4 Å². The van der Waals surface area contributed by atoms with Gasteiger partial charge in [-0.25, -0.2) is 0 Å². The first-order valence-corrected chi connectivity index (χ1v) is 4.79. The molecule has 14 heavy (non-hydrogen) atoms. The monoisotopic (exact) mass is 200 g/mol. The second-order valence-corrected chi connectivity index (χ2v) is 3.34. The number of carbonyl (C=O) groups is 2. The molecule has 1 amide bonds. The summed E-state index contributed by atoms with van der Waals surface area (Å²) in [6, 6.07) is 0. The lowest BCUT2D eigenvalue weighted by Gasteiger charge is -2.21. The van der Waals surface area contributed by atoms with Crippen LogP contribution in [-0.2, 0) is 14.3 Å². The Morgan fingerprint density at radius 1 is 1.57 bits per heavy atom. The van der Waals surface area contributed by atoms with Crippen LogP contribution in [0.4, 0.5) is 0 Å². The quantitative estimate of drug-likeness (QED) is 0.590. The number of amides is 1. The van der Waals surface area contributed by atoms with Crippen molar-refractivity contribution in [2.24, 2.45) is 5.92 Å². The Hall–Kier alpha value is -1.10. The molecule has 0 unspecified atom stereocenters. The minimum Gasteiger partial charge on any atom is -0.468 e. The van der Waals surface area contributed by atoms with E-state index in [1.54, 1.807) is 0 Å². The molecule has 0 aromatic rings. The Labute approximate surface area is 83.2 Å². The first-order chi connectivity index (χ1) is 6.74. The molecule has 1 saturated heterocycles. The van der Waals surface area contributed by atoms with Crippen molar-refractivity contribution in [2.45, 2.75) is 12.8 Å². The van der Waals surface area contributed by atoms with E-state index in [4.69, 9.17) is 0 Å². The van der Waals surface area contributed by atoms with Crippen LogP contribution in [0.25, 0.3) is 0 Å². The number of carbonyl (C=O) groups excluding carboxylic acids is 2. The van der Waals surface area contributed by atoms with Gasteiger partial charge in [-0.15, -0.1) is 0 Å². The van der Waals surface area contributed by atoms with Crippen LogP contribution < -0.4 is 10.6 Å². The lowest BCUT2D eigenvalue weighted by molar-refractivity contribution is -0.141. The fourth-order valence-corrected chi connectivity index (χ4v) is 1.45. The summed E-state index contributed by atoms with van der Waals surface area (Å²) in [7, 11) is 1.30. The summed E-state index contributed by atoms with van der Waals surface area (Å²) in [5.74, 6) is -0.488. The van der Waals surface area contributed by atoms with Gasteiger partial charge in [-0.05, 0) is 19.4 Å². The summed E-state index contributed by atoms with van der Waals surface area (Å²) in [5, 5.41) is 5.69. The Kier molecular flexibility index (Phi) is 4.39. The molecule has 0 saturated carbocycles. The second kappa shape index (κ2) is 5.59. The Morgan fingerprint density at radius 3 is 2.93 bits per heavy atom. The molecule has 0 aromatic heterocycles. The first kappa shape index (κ1) is 11.0. The Balaban J connectivity index is 2.23. The molecule has 0 aromatic carbocycles. The van der Waals surface area contributed by atoms with Crippen LogP contribution in [0.5, 0.6) is 0 Å². The number of nitrogens with one attached hydrogen (secondary N) is 2. The Morgan fingerprint density at radius 2 is 2.36 bits per heavy atom. The van der Waals surface area contributed by atoms with E-state index >= 15 is 0 Å². The molecule has 0 bridgehead atoms. The maximum absolute atomic E-state index is 11.5. The van der Waals surface area contributed by atoms with Gasteiger partial charge in [0.25, 0.3) is 0 Å². The summed E-state index contributed by atoms with van der Waals surface area (Å²) in [6.07, 6.45) is 1.90. The van der Waals surface area contributed by atoms with E-state index in [2.05, 4.69) is 15.4 Å². The average molecular weight is 200 g/mol. The highest BCUT2D eigenvalue weighted by molar-refractivity contribution is 5.83. The predicted molar refractivity (Wildman–Crippen MR) is 50.6 cm³/mol. The van der Waals surface area contributed by atoms with Crippen LogP contribution in [0.2, 0.25) is 0 Å². The van der Waals surface area contributed by atoms with Crippen LogP contribution in [0.1, 0.15) is 12.8 Å². The van der Waals surface area contributed by atoms with Gasteiger partial charge in [-0.3, -0.25) is 9.59 Å². The summed E-state index contributed by atoms with van der Waals surface area (Å²) >= 11 is 0. The lowest BCUT2D eigenvalue weighted by Crippen LogP contribution is -2.42. The minimum atomic E-state index is -0.415. The van der Waals surface area contributed by atoms with Crippen LogP contribution in [0, 0.1) is 5.92 Å². The first-order valence-electron chi connectivity index (χ1n) is 4.79. The zero-order chi connectivity index (χ0) is 10.4. The number of ether oxygens (including phenoxy) is 1. The van der Waals surface area contributed by atoms with Crippen molar-refractivity contribution < 1.29 is 14.3 Å². The average Bonchev–Trinajstić information content (AvgIpc) is 2.26. The van der Waals surface area contributed by atoms with Crippen molar-refractivity contribution in [3.05, 3.63) is 0 Å². The molecule has 0 radical (unpaired) electrons. The van der Waals surface area contributed by atoms with Gasteiger partial charge in [0.05, 0.1) is 13.0 Å². The van der Waals surface area contributed by atoms with Crippen LogP contribution in [-0.4, -0.2) is 38.6 Å². The molecular formula is C9H16N2O3. The third kappa shape index (κ3) is 3.33. The Bertz CT molecular complexity index is 212. The maximum Gasteiger partial charge on any atom is 0.325 e. The molecule has 0 spiro atoms. The van der Waals surface area contributed by atoms with Crippen molar-refractivity contribution in [1.29, 1.82) is 0 Å². The molecule has 1 fully saturated rings. The molecule has 1 aliphatic rings. The van der Waals surface area contributed by atoms with Crippen LogP contribution >= 0.6 is 0 Å². The fraction of sp³-hybridized carbons (Fsp3) is 0.778. The number of methoxy groups -OCH3 is 1. The van der Waals surface area contributed by atoms with E-state index in [-0.39, 0.29) is 18.4 Å². The molecule has 1 aliphatic heterocycles. The van der Waals surface area contributed by atoms with Crippen LogP contribution in [0.15, 0.2) is 0 Å². The van der Waals surface area contributed by atoms with Crippen molar-refractivity contribution in [3.63, 3.8) is 0 Å². The highest BCUT2D eigenvalue weighted by Gasteiger charge is 2.20. The second-order valence-electron chi connectivity index (χ2n) is 3.34. The number of piperidine rings is 1. The van der Waals surface area contributed by atoms with E-state index in [0.29, 0.717) is 6.54 Å².